The largest absolute Gasteiger partial charge is 0.383 e. The Morgan fingerprint density at radius 3 is 2.28 bits per heavy atom. The van der Waals surface area contributed by atoms with E-state index in [-0.39, 0.29) is 0 Å². The molecule has 0 bridgehead atoms. The molecule has 0 saturated carbocycles. The van der Waals surface area contributed by atoms with Gasteiger partial charge in [-0.05, 0) is 26.2 Å². The Bertz CT molecular complexity index is 386. The molecule has 0 unspecified atom stereocenters. The van der Waals surface area contributed by atoms with E-state index in [1.807, 2.05) is 6.92 Å². The van der Waals surface area contributed by atoms with Gasteiger partial charge in [0.1, 0.15) is 17.5 Å². The molecule has 0 spiro atoms. The third-order valence-corrected chi connectivity index (χ3v) is 3.50. The van der Waals surface area contributed by atoms with Crippen LogP contribution < -0.4 is 10.6 Å². The van der Waals surface area contributed by atoms with Gasteiger partial charge in [0.25, 0.3) is 0 Å². The topological polar surface area (TPSA) is 55.0 Å². The monoisotopic (exact) mass is 250 g/mol. The number of nitrogen functional groups attached to an aromatic ring is 1. The van der Waals surface area contributed by atoms with E-state index >= 15 is 0 Å². The molecule has 0 fully saturated rings. The summed E-state index contributed by atoms with van der Waals surface area (Å²) in [5, 5.41) is 0. The molecular weight excluding hydrogens is 224 g/mol. The van der Waals surface area contributed by atoms with Crippen LogP contribution in [-0.4, -0.2) is 23.1 Å². The van der Waals surface area contributed by atoms with E-state index < -0.39 is 0 Å². The van der Waals surface area contributed by atoms with Gasteiger partial charge in [0, 0.05) is 25.1 Å². The van der Waals surface area contributed by atoms with Gasteiger partial charge >= 0.3 is 0 Å². The van der Waals surface area contributed by atoms with Crippen LogP contribution in [-0.2, 0) is 6.42 Å². The zero-order valence-electron chi connectivity index (χ0n) is 12.3. The summed E-state index contributed by atoms with van der Waals surface area (Å²) in [5.74, 6) is 2.45. The highest BCUT2D eigenvalue weighted by atomic mass is 15.2. The predicted octanol–water partition coefficient (Wildman–Crippen LogP) is 2.94. The number of nitrogens with zero attached hydrogens (tertiary/aromatic N) is 3. The average molecular weight is 250 g/mol. The molecule has 4 heteroatoms. The van der Waals surface area contributed by atoms with Crippen LogP contribution >= 0.6 is 0 Å². The molecule has 0 atom stereocenters. The zero-order valence-corrected chi connectivity index (χ0v) is 12.3. The van der Waals surface area contributed by atoms with Gasteiger partial charge in [0.05, 0.1) is 0 Å². The average Bonchev–Trinajstić information content (AvgIpc) is 2.35. The van der Waals surface area contributed by atoms with Crippen LogP contribution in [0.2, 0.25) is 0 Å². The Morgan fingerprint density at radius 1 is 1.17 bits per heavy atom. The molecule has 0 aliphatic carbocycles. The Labute approximate surface area is 111 Å². The molecule has 0 aliphatic rings. The van der Waals surface area contributed by atoms with E-state index in [1.54, 1.807) is 0 Å². The zero-order chi connectivity index (χ0) is 13.7. The quantitative estimate of drug-likeness (QED) is 0.843. The molecule has 0 radical (unpaired) electrons. The number of hydrogen-bond acceptors (Lipinski definition) is 4. The van der Waals surface area contributed by atoms with Gasteiger partial charge in [-0.2, -0.15) is 0 Å². The third-order valence-electron chi connectivity index (χ3n) is 3.50. The number of rotatable bonds is 6. The molecule has 0 aromatic carbocycles. The van der Waals surface area contributed by atoms with E-state index in [4.69, 9.17) is 5.73 Å². The van der Waals surface area contributed by atoms with E-state index in [9.17, 15) is 0 Å². The second-order valence-corrected chi connectivity index (χ2v) is 4.80. The molecule has 1 heterocycles. The van der Waals surface area contributed by atoms with Crippen molar-refractivity contribution < 1.29 is 0 Å². The molecular formula is C14H26N4. The summed E-state index contributed by atoms with van der Waals surface area (Å²) in [6.07, 6.45) is 4.14. The van der Waals surface area contributed by atoms with E-state index in [0.29, 0.717) is 11.9 Å². The maximum Gasteiger partial charge on any atom is 0.137 e. The minimum atomic E-state index is 0.507. The summed E-state index contributed by atoms with van der Waals surface area (Å²) >= 11 is 0. The van der Waals surface area contributed by atoms with Crippen LogP contribution in [0.15, 0.2) is 0 Å². The molecule has 1 rings (SSSR count). The first-order valence-corrected chi connectivity index (χ1v) is 6.90. The first kappa shape index (κ1) is 14.7. The number of nitrogens with two attached hydrogens (primary N) is 1. The van der Waals surface area contributed by atoms with Crippen molar-refractivity contribution in [2.75, 3.05) is 17.7 Å². The molecule has 0 saturated heterocycles. The van der Waals surface area contributed by atoms with Crippen molar-refractivity contribution in [2.24, 2.45) is 0 Å². The summed E-state index contributed by atoms with van der Waals surface area (Å²) < 4.78 is 0. The van der Waals surface area contributed by atoms with Gasteiger partial charge in [-0.25, -0.2) is 9.97 Å². The van der Waals surface area contributed by atoms with Crippen molar-refractivity contribution in [3.63, 3.8) is 0 Å². The standard InChI is InChI=1S/C14H26N4/c1-6-9-12-16-13(15)10(4)14(17-12)18(5)11(7-2)8-3/h11H,6-9H2,1-5H3,(H2,15,16,17). The van der Waals surface area contributed by atoms with E-state index in [0.717, 1.165) is 42.9 Å². The SMILES string of the molecule is CCCc1nc(N)c(C)c(N(C)C(CC)CC)n1. The number of hydrogen-bond donors (Lipinski definition) is 1. The molecule has 4 nitrogen and oxygen atoms in total. The van der Waals surface area contributed by atoms with Crippen molar-refractivity contribution >= 4 is 11.6 Å². The summed E-state index contributed by atoms with van der Waals surface area (Å²) in [6.45, 7) is 8.54. The number of anilines is 2. The van der Waals surface area contributed by atoms with Gasteiger partial charge in [-0.15, -0.1) is 0 Å². The second-order valence-electron chi connectivity index (χ2n) is 4.80. The molecule has 0 amide bonds. The van der Waals surface area contributed by atoms with E-state index in [2.05, 4.69) is 42.7 Å². The highest BCUT2D eigenvalue weighted by Gasteiger charge is 2.17. The summed E-state index contributed by atoms with van der Waals surface area (Å²) in [6, 6.07) is 0.507. The Morgan fingerprint density at radius 2 is 1.78 bits per heavy atom. The van der Waals surface area contributed by atoms with Crippen LogP contribution in [0.25, 0.3) is 0 Å². The maximum atomic E-state index is 5.99. The number of aromatic nitrogens is 2. The highest BCUT2D eigenvalue weighted by Crippen LogP contribution is 2.24. The minimum Gasteiger partial charge on any atom is -0.383 e. The van der Waals surface area contributed by atoms with Crippen molar-refractivity contribution in [1.29, 1.82) is 0 Å². The fraction of sp³-hybridized carbons (Fsp3) is 0.714. The lowest BCUT2D eigenvalue weighted by Gasteiger charge is -2.29. The molecule has 18 heavy (non-hydrogen) atoms. The normalized spacial score (nSPS) is 11.0. The van der Waals surface area contributed by atoms with Crippen molar-refractivity contribution in [3.8, 4) is 0 Å². The summed E-state index contributed by atoms with van der Waals surface area (Å²) in [7, 11) is 2.10. The van der Waals surface area contributed by atoms with Gasteiger partial charge in [0.15, 0.2) is 0 Å². The van der Waals surface area contributed by atoms with Gasteiger partial charge in [0.2, 0.25) is 0 Å². The lowest BCUT2D eigenvalue weighted by atomic mass is 10.1. The first-order valence-electron chi connectivity index (χ1n) is 6.90. The van der Waals surface area contributed by atoms with Crippen molar-refractivity contribution in [1.82, 2.24) is 9.97 Å². The van der Waals surface area contributed by atoms with Gasteiger partial charge in [-0.3, -0.25) is 0 Å². The smallest absolute Gasteiger partial charge is 0.137 e. The van der Waals surface area contributed by atoms with E-state index in [1.165, 1.54) is 0 Å². The third kappa shape index (κ3) is 3.12. The van der Waals surface area contributed by atoms with Crippen molar-refractivity contribution in [3.05, 3.63) is 11.4 Å². The Kier molecular flexibility index (Phi) is 5.38. The van der Waals surface area contributed by atoms with Gasteiger partial charge < -0.3 is 10.6 Å². The lowest BCUT2D eigenvalue weighted by molar-refractivity contribution is 0.583. The Balaban J connectivity index is 3.13. The molecule has 1 aromatic heterocycles. The molecule has 2 N–H and O–H groups in total. The van der Waals surface area contributed by atoms with Crippen LogP contribution in [0.3, 0.4) is 0 Å². The number of aryl methyl sites for hydroxylation is 1. The van der Waals surface area contributed by atoms with Gasteiger partial charge in [-0.1, -0.05) is 20.8 Å². The van der Waals surface area contributed by atoms with Crippen LogP contribution in [0.5, 0.6) is 0 Å². The lowest BCUT2D eigenvalue weighted by Crippen LogP contribution is -2.32. The molecule has 102 valence electrons. The summed E-state index contributed by atoms with van der Waals surface area (Å²) in [4.78, 5) is 11.3. The van der Waals surface area contributed by atoms with Crippen molar-refractivity contribution in [2.45, 2.75) is 59.4 Å². The first-order chi connectivity index (χ1) is 8.54. The highest BCUT2D eigenvalue weighted by molar-refractivity contribution is 5.56. The fourth-order valence-corrected chi connectivity index (χ4v) is 2.26. The van der Waals surface area contributed by atoms with Crippen LogP contribution in [0.4, 0.5) is 11.6 Å². The fourth-order valence-electron chi connectivity index (χ4n) is 2.26. The van der Waals surface area contributed by atoms with Crippen LogP contribution in [0.1, 0.15) is 51.4 Å². The molecule has 0 aliphatic heterocycles. The predicted molar refractivity (Wildman–Crippen MR) is 77.9 cm³/mol. The minimum absolute atomic E-state index is 0.507. The van der Waals surface area contributed by atoms with Crippen LogP contribution in [0, 0.1) is 6.92 Å². The Hall–Kier alpha value is -1.32. The second kappa shape index (κ2) is 6.57. The molecule has 1 aromatic rings. The summed E-state index contributed by atoms with van der Waals surface area (Å²) in [5.41, 5.74) is 6.98. The maximum absolute atomic E-state index is 5.99.